The van der Waals surface area contributed by atoms with Crippen molar-refractivity contribution >= 4 is 6.01 Å². The first-order chi connectivity index (χ1) is 11.6. The van der Waals surface area contributed by atoms with Gasteiger partial charge in [0.15, 0.2) is 0 Å². The van der Waals surface area contributed by atoms with Crippen molar-refractivity contribution in [3.05, 3.63) is 70.8 Å². The fraction of sp³-hybridized carbons (Fsp3) is 0.435. The van der Waals surface area contributed by atoms with E-state index < -0.39 is 0 Å². The molecule has 0 fully saturated rings. The highest BCUT2D eigenvalue weighted by Crippen LogP contribution is 2.28. The van der Waals surface area contributed by atoms with Crippen LogP contribution in [0.4, 0.5) is 0 Å². The molecule has 0 aliphatic heterocycles. The fourth-order valence-corrected chi connectivity index (χ4v) is 2.71. The van der Waals surface area contributed by atoms with E-state index in [4.69, 9.17) is 0 Å². The van der Waals surface area contributed by atoms with E-state index in [1.54, 1.807) is 0 Å². The maximum Gasteiger partial charge on any atom is 0.0910 e. The molecule has 0 radical (unpaired) electrons. The monoisotopic (exact) mass is 334 g/mol. The molecule has 2 aromatic carbocycles. The Morgan fingerprint density at radius 3 is 1.84 bits per heavy atom. The standard InChI is InChI=1S/C23H30N2/c1-17(2)19-11-9-13-21(15-19)23(6,7)25-16-24-22(4,5)20-12-8-10-18(3)14-20/h8-15,17H,1-7H3. The summed E-state index contributed by atoms with van der Waals surface area (Å²) in [5.74, 6) is 0.508. The smallest absolute Gasteiger partial charge is 0.0910 e. The summed E-state index contributed by atoms with van der Waals surface area (Å²) in [5.41, 5.74) is 4.24. The molecule has 25 heavy (non-hydrogen) atoms. The third-order valence-corrected chi connectivity index (χ3v) is 4.64. The van der Waals surface area contributed by atoms with E-state index in [1.165, 1.54) is 22.3 Å². The van der Waals surface area contributed by atoms with Crippen LogP contribution in [0.2, 0.25) is 0 Å². The number of rotatable bonds is 5. The second kappa shape index (κ2) is 7.37. The van der Waals surface area contributed by atoms with Gasteiger partial charge in [-0.15, -0.1) is 0 Å². The maximum absolute atomic E-state index is 4.64. The molecule has 0 aromatic heterocycles. The fourth-order valence-electron chi connectivity index (χ4n) is 2.71. The molecular formula is C23H30N2. The van der Waals surface area contributed by atoms with Crippen molar-refractivity contribution in [2.75, 3.05) is 0 Å². The van der Waals surface area contributed by atoms with E-state index in [9.17, 15) is 0 Å². The zero-order chi connectivity index (χ0) is 18.7. The summed E-state index contributed by atoms with van der Waals surface area (Å²) in [6.45, 7) is 14.9. The molecule has 0 atom stereocenters. The molecule has 0 aliphatic rings. The predicted octanol–water partition coefficient (Wildman–Crippen LogP) is 6.46. The lowest BCUT2D eigenvalue weighted by Gasteiger charge is -2.21. The van der Waals surface area contributed by atoms with Gasteiger partial charge in [-0.1, -0.05) is 67.9 Å². The number of nitrogens with zero attached hydrogens (tertiary/aromatic N) is 2. The molecule has 0 N–H and O–H groups in total. The number of hydrogen-bond acceptors (Lipinski definition) is 2. The third-order valence-electron chi connectivity index (χ3n) is 4.64. The van der Waals surface area contributed by atoms with Crippen molar-refractivity contribution in [2.45, 2.75) is 65.5 Å². The summed E-state index contributed by atoms with van der Waals surface area (Å²) < 4.78 is 0. The lowest BCUT2D eigenvalue weighted by atomic mass is 9.91. The Bertz CT molecular complexity index is 791. The highest BCUT2D eigenvalue weighted by atomic mass is 14.9. The average molecular weight is 335 g/mol. The van der Waals surface area contributed by atoms with Gasteiger partial charge < -0.3 is 0 Å². The number of hydrogen-bond donors (Lipinski definition) is 0. The lowest BCUT2D eigenvalue weighted by molar-refractivity contribution is 0.544. The number of benzene rings is 2. The van der Waals surface area contributed by atoms with Gasteiger partial charge in [0.25, 0.3) is 0 Å². The van der Waals surface area contributed by atoms with E-state index >= 15 is 0 Å². The molecule has 0 spiro atoms. The molecule has 2 aromatic rings. The summed E-state index contributed by atoms with van der Waals surface area (Å²) in [6.07, 6.45) is 0. The summed E-state index contributed by atoms with van der Waals surface area (Å²) in [5, 5.41) is 0. The Kier molecular flexibility index (Phi) is 5.65. The van der Waals surface area contributed by atoms with Crippen molar-refractivity contribution in [1.82, 2.24) is 0 Å². The first-order valence-electron chi connectivity index (χ1n) is 8.98. The second-order valence-corrected chi connectivity index (χ2v) is 8.09. The van der Waals surface area contributed by atoms with Gasteiger partial charge in [-0.05, 0) is 57.2 Å². The topological polar surface area (TPSA) is 24.7 Å². The minimum Gasteiger partial charge on any atom is -0.215 e. The van der Waals surface area contributed by atoms with Crippen molar-refractivity contribution in [2.24, 2.45) is 9.98 Å². The van der Waals surface area contributed by atoms with Crippen LogP contribution in [-0.4, -0.2) is 6.01 Å². The van der Waals surface area contributed by atoms with Crippen molar-refractivity contribution in [1.29, 1.82) is 0 Å². The Morgan fingerprint density at radius 2 is 1.32 bits per heavy atom. The Labute approximate surface area is 152 Å². The molecular weight excluding hydrogens is 304 g/mol. The summed E-state index contributed by atoms with van der Waals surface area (Å²) in [6, 6.07) is 20.1. The van der Waals surface area contributed by atoms with Crippen molar-refractivity contribution in [3.8, 4) is 0 Å². The highest BCUT2D eigenvalue weighted by Gasteiger charge is 2.21. The molecule has 2 rings (SSSR count). The van der Waals surface area contributed by atoms with Gasteiger partial charge in [0.1, 0.15) is 0 Å². The first kappa shape index (κ1) is 19.1. The zero-order valence-electron chi connectivity index (χ0n) is 16.6. The van der Waals surface area contributed by atoms with E-state index in [-0.39, 0.29) is 11.1 Å². The molecule has 2 nitrogen and oxygen atoms in total. The molecule has 132 valence electrons. The molecule has 0 unspecified atom stereocenters. The minimum atomic E-state index is -0.350. The van der Waals surface area contributed by atoms with Crippen LogP contribution in [0.25, 0.3) is 0 Å². The Hall–Kier alpha value is -2.18. The van der Waals surface area contributed by atoms with Crippen LogP contribution in [0.15, 0.2) is 58.5 Å². The van der Waals surface area contributed by atoms with Gasteiger partial charge >= 0.3 is 0 Å². The molecule has 0 bridgehead atoms. The van der Waals surface area contributed by atoms with Gasteiger partial charge in [0.2, 0.25) is 0 Å². The van der Waals surface area contributed by atoms with Crippen LogP contribution in [0.3, 0.4) is 0 Å². The van der Waals surface area contributed by atoms with E-state index in [0.29, 0.717) is 5.92 Å². The Balaban J connectivity index is 2.29. The van der Waals surface area contributed by atoms with Crippen molar-refractivity contribution in [3.63, 3.8) is 0 Å². The van der Waals surface area contributed by atoms with Crippen LogP contribution in [0.5, 0.6) is 0 Å². The molecule has 0 heterocycles. The van der Waals surface area contributed by atoms with Crippen LogP contribution in [0, 0.1) is 6.92 Å². The van der Waals surface area contributed by atoms with Crippen LogP contribution < -0.4 is 0 Å². The zero-order valence-corrected chi connectivity index (χ0v) is 16.6. The van der Waals surface area contributed by atoms with Gasteiger partial charge in [0.05, 0.1) is 17.1 Å². The molecule has 0 saturated carbocycles. The van der Waals surface area contributed by atoms with E-state index in [1.807, 2.05) is 0 Å². The number of aliphatic imine (C=N–C) groups is 2. The van der Waals surface area contributed by atoms with Gasteiger partial charge in [-0.3, -0.25) is 0 Å². The predicted molar refractivity (Wildman–Crippen MR) is 108 cm³/mol. The summed E-state index contributed by atoms with van der Waals surface area (Å²) in [7, 11) is 0. The average Bonchev–Trinajstić information content (AvgIpc) is 2.54. The van der Waals surface area contributed by atoms with Crippen LogP contribution >= 0.6 is 0 Å². The lowest BCUT2D eigenvalue weighted by Crippen LogP contribution is -2.16. The van der Waals surface area contributed by atoms with Crippen LogP contribution in [0.1, 0.15) is 69.7 Å². The Morgan fingerprint density at radius 1 is 0.800 bits per heavy atom. The molecule has 0 saturated heterocycles. The normalized spacial score (nSPS) is 12.0. The van der Waals surface area contributed by atoms with Gasteiger partial charge in [-0.2, -0.15) is 0 Å². The molecule has 0 amide bonds. The SMILES string of the molecule is Cc1cccc(C(C)(C)N=C=NC(C)(C)c2cccc(C(C)C)c2)c1. The minimum absolute atomic E-state index is 0.342. The van der Waals surface area contributed by atoms with E-state index in [0.717, 1.165) is 0 Å². The van der Waals surface area contributed by atoms with Crippen molar-refractivity contribution < 1.29 is 0 Å². The first-order valence-corrected chi connectivity index (χ1v) is 8.98. The maximum atomic E-state index is 4.64. The quantitative estimate of drug-likeness (QED) is 0.560. The van der Waals surface area contributed by atoms with Crippen LogP contribution in [-0.2, 0) is 11.1 Å². The third kappa shape index (κ3) is 4.90. The molecule has 0 aliphatic carbocycles. The number of aryl methyl sites for hydroxylation is 1. The summed E-state index contributed by atoms with van der Waals surface area (Å²) >= 11 is 0. The van der Waals surface area contributed by atoms with Gasteiger partial charge in [0, 0.05) is 0 Å². The van der Waals surface area contributed by atoms with Gasteiger partial charge in [-0.25, -0.2) is 9.98 Å². The highest BCUT2D eigenvalue weighted by molar-refractivity contribution is 5.46. The second-order valence-electron chi connectivity index (χ2n) is 8.09. The summed E-state index contributed by atoms with van der Waals surface area (Å²) in [4.78, 5) is 9.26. The van der Waals surface area contributed by atoms with E-state index in [2.05, 4.69) is 113 Å². The molecule has 2 heteroatoms. The largest absolute Gasteiger partial charge is 0.215 e.